The number of aromatic nitrogens is 4. The Balaban J connectivity index is 0.000000270. The zero-order valence-electron chi connectivity index (χ0n) is 15.8. The third kappa shape index (κ3) is 3.72. The molecule has 28 heavy (non-hydrogen) atoms. The zero-order valence-corrected chi connectivity index (χ0v) is 17.4. The van der Waals surface area contributed by atoms with Crippen LogP contribution in [-0.4, -0.2) is 25.1 Å². The lowest BCUT2D eigenvalue weighted by Gasteiger charge is -2.22. The van der Waals surface area contributed by atoms with Gasteiger partial charge in [-0.15, -0.1) is 30.2 Å². The van der Waals surface area contributed by atoms with Crippen LogP contribution < -0.4 is 5.32 Å². The summed E-state index contributed by atoms with van der Waals surface area (Å²) >= 11 is 1.60. The molecule has 142 valence electrons. The second-order valence-electron chi connectivity index (χ2n) is 7.22. The first-order valence-electron chi connectivity index (χ1n) is 8.59. The number of fused-ring (bicyclic) bond motifs is 2. The van der Waals surface area contributed by atoms with Gasteiger partial charge in [-0.3, -0.25) is 4.98 Å². The first-order valence-corrected chi connectivity index (χ1v) is 9.47. The summed E-state index contributed by atoms with van der Waals surface area (Å²) in [5.74, 6) is 3.59. The molecule has 5 rings (SSSR count). The number of halogens is 1. The van der Waals surface area contributed by atoms with E-state index in [1.807, 2.05) is 40.4 Å². The van der Waals surface area contributed by atoms with Crippen molar-refractivity contribution in [2.45, 2.75) is 26.3 Å². The third-order valence-electron chi connectivity index (χ3n) is 3.98. The SMILES string of the molecule is C#Cc1ccsc1-c1nc2cccnn2c1NC(C)(C)C.Cl.c1cc2ncc1-2. The minimum absolute atomic E-state index is 0. The maximum Gasteiger partial charge on any atom is 0.157 e. The summed E-state index contributed by atoms with van der Waals surface area (Å²) in [5.41, 5.74) is 4.91. The molecule has 0 fully saturated rings. The molecule has 3 aromatic rings. The monoisotopic (exact) mass is 409 g/mol. The summed E-state index contributed by atoms with van der Waals surface area (Å²) in [5, 5.41) is 9.87. The lowest BCUT2D eigenvalue weighted by Crippen LogP contribution is -2.27. The van der Waals surface area contributed by atoms with Crippen LogP contribution in [-0.2, 0) is 0 Å². The predicted octanol–water partition coefficient (Wildman–Crippen LogP) is 5.13. The fourth-order valence-corrected chi connectivity index (χ4v) is 3.52. The van der Waals surface area contributed by atoms with Crippen LogP contribution in [0.4, 0.5) is 5.82 Å². The molecule has 0 spiro atoms. The molecular weight excluding hydrogens is 390 g/mol. The molecule has 2 aliphatic rings. The second-order valence-corrected chi connectivity index (χ2v) is 8.13. The second kappa shape index (κ2) is 7.63. The van der Waals surface area contributed by atoms with E-state index in [0.29, 0.717) is 0 Å². The van der Waals surface area contributed by atoms with Gasteiger partial charge in [0.15, 0.2) is 11.5 Å². The summed E-state index contributed by atoms with van der Waals surface area (Å²) in [7, 11) is 0. The quantitative estimate of drug-likeness (QED) is 0.410. The Labute approximate surface area is 174 Å². The Morgan fingerprint density at radius 3 is 2.50 bits per heavy atom. The van der Waals surface area contributed by atoms with Gasteiger partial charge in [0.05, 0.1) is 10.6 Å². The van der Waals surface area contributed by atoms with Gasteiger partial charge in [0.2, 0.25) is 0 Å². The summed E-state index contributed by atoms with van der Waals surface area (Å²) in [6, 6.07) is 9.83. The van der Waals surface area contributed by atoms with Crippen molar-refractivity contribution in [1.82, 2.24) is 19.6 Å². The number of rotatable bonds is 2. The van der Waals surface area contributed by atoms with E-state index in [2.05, 4.69) is 48.2 Å². The Bertz CT molecular complexity index is 1130. The Hall–Kier alpha value is -2.88. The first-order chi connectivity index (χ1) is 13.0. The lowest BCUT2D eigenvalue weighted by molar-refractivity contribution is 0.626. The van der Waals surface area contributed by atoms with Crippen molar-refractivity contribution in [2.24, 2.45) is 0 Å². The van der Waals surface area contributed by atoms with Crippen LogP contribution in [0.15, 0.2) is 48.1 Å². The third-order valence-corrected chi connectivity index (χ3v) is 4.90. The minimum atomic E-state index is -0.101. The van der Waals surface area contributed by atoms with Crippen molar-refractivity contribution >= 4 is 35.2 Å². The zero-order chi connectivity index (χ0) is 19.0. The number of nitrogens with one attached hydrogen (secondary N) is 1. The molecule has 0 aromatic carbocycles. The van der Waals surface area contributed by atoms with E-state index in [9.17, 15) is 0 Å². The molecule has 4 heterocycles. The van der Waals surface area contributed by atoms with Crippen LogP contribution in [0.5, 0.6) is 0 Å². The molecule has 5 nitrogen and oxygen atoms in total. The van der Waals surface area contributed by atoms with Crippen LogP contribution in [0.1, 0.15) is 26.3 Å². The van der Waals surface area contributed by atoms with Crippen molar-refractivity contribution in [2.75, 3.05) is 5.32 Å². The number of hydrogen-bond acceptors (Lipinski definition) is 5. The smallest absolute Gasteiger partial charge is 0.157 e. The highest BCUT2D eigenvalue weighted by molar-refractivity contribution is 7.13. The molecular formula is C21H20ClN5S. The van der Waals surface area contributed by atoms with Gasteiger partial charge in [-0.1, -0.05) is 5.92 Å². The fraction of sp³-hybridized carbons (Fsp3) is 0.190. The van der Waals surface area contributed by atoms with E-state index < -0.39 is 0 Å². The molecule has 0 saturated heterocycles. The van der Waals surface area contributed by atoms with Crippen molar-refractivity contribution < 1.29 is 0 Å². The standard InChI is InChI=1S/C16H16N4S.C5H3N.ClH/c1-5-11-8-10-21-14(11)13-15(19-16(2,3)4)20-12(18-13)7-6-9-17-20;1-2-5-4(1)3-6-5;/h1,6-10,19H,2-4H3;1-3H;1H. The topological polar surface area (TPSA) is 55.1 Å². The van der Waals surface area contributed by atoms with Crippen LogP contribution >= 0.6 is 23.7 Å². The fourth-order valence-electron chi connectivity index (χ4n) is 2.67. The minimum Gasteiger partial charge on any atom is -0.364 e. The average molecular weight is 410 g/mol. The molecule has 0 saturated carbocycles. The largest absolute Gasteiger partial charge is 0.364 e. The number of nitrogens with zero attached hydrogens (tertiary/aromatic N) is 4. The molecule has 3 aromatic heterocycles. The van der Waals surface area contributed by atoms with Crippen LogP contribution in [0.2, 0.25) is 0 Å². The van der Waals surface area contributed by atoms with Gasteiger partial charge >= 0.3 is 0 Å². The molecule has 0 amide bonds. The Morgan fingerprint density at radius 1 is 1.18 bits per heavy atom. The highest BCUT2D eigenvalue weighted by Crippen LogP contribution is 2.35. The highest BCUT2D eigenvalue weighted by Gasteiger charge is 2.21. The van der Waals surface area contributed by atoms with Gasteiger partial charge in [-0.25, -0.2) is 4.98 Å². The molecule has 0 atom stereocenters. The number of pyridine rings is 1. The number of imidazole rings is 1. The number of anilines is 1. The number of thiophene rings is 1. The molecule has 0 radical (unpaired) electrons. The maximum atomic E-state index is 5.59. The molecule has 0 unspecified atom stereocenters. The highest BCUT2D eigenvalue weighted by atomic mass is 35.5. The van der Waals surface area contributed by atoms with Gasteiger partial charge in [0.25, 0.3) is 0 Å². The van der Waals surface area contributed by atoms with E-state index in [4.69, 9.17) is 11.4 Å². The van der Waals surface area contributed by atoms with Crippen molar-refractivity contribution in [1.29, 1.82) is 0 Å². The van der Waals surface area contributed by atoms with Gasteiger partial charge in [-0.2, -0.15) is 9.61 Å². The number of hydrogen-bond donors (Lipinski definition) is 1. The molecule has 1 aliphatic heterocycles. The average Bonchev–Trinajstić information content (AvgIpc) is 3.22. The van der Waals surface area contributed by atoms with E-state index >= 15 is 0 Å². The number of terminal acetylenes is 1. The molecule has 1 N–H and O–H groups in total. The predicted molar refractivity (Wildman–Crippen MR) is 118 cm³/mol. The molecule has 7 heteroatoms. The Kier molecular flexibility index (Phi) is 5.41. The normalized spacial score (nSPS) is 11.1. The van der Waals surface area contributed by atoms with E-state index in [0.717, 1.165) is 27.6 Å². The van der Waals surface area contributed by atoms with Crippen molar-refractivity contribution in [3.05, 3.63) is 53.7 Å². The summed E-state index contributed by atoms with van der Waals surface area (Å²) < 4.78 is 1.82. The Morgan fingerprint density at radius 2 is 1.96 bits per heavy atom. The summed E-state index contributed by atoms with van der Waals surface area (Å²) in [6.45, 7) is 6.32. The van der Waals surface area contributed by atoms with Crippen LogP contribution in [0.3, 0.4) is 0 Å². The van der Waals surface area contributed by atoms with E-state index in [1.54, 1.807) is 17.5 Å². The molecule has 0 bridgehead atoms. The first kappa shape index (κ1) is 19.9. The van der Waals surface area contributed by atoms with Gasteiger partial charge in [0.1, 0.15) is 5.69 Å². The van der Waals surface area contributed by atoms with Crippen LogP contribution in [0, 0.1) is 12.3 Å². The van der Waals surface area contributed by atoms with Crippen molar-refractivity contribution in [3.63, 3.8) is 0 Å². The van der Waals surface area contributed by atoms with E-state index in [-0.39, 0.29) is 17.9 Å². The van der Waals surface area contributed by atoms with E-state index in [1.165, 1.54) is 11.3 Å². The summed E-state index contributed by atoms with van der Waals surface area (Å²) in [6.07, 6.45) is 9.21. The van der Waals surface area contributed by atoms with Crippen LogP contribution in [0.25, 0.3) is 27.5 Å². The van der Waals surface area contributed by atoms with Gasteiger partial charge in [0, 0.05) is 29.1 Å². The van der Waals surface area contributed by atoms with Crippen molar-refractivity contribution in [3.8, 4) is 34.2 Å². The summed E-state index contributed by atoms with van der Waals surface area (Å²) in [4.78, 5) is 9.60. The molecule has 1 aliphatic carbocycles. The maximum absolute atomic E-state index is 5.59. The van der Waals surface area contributed by atoms with Gasteiger partial charge in [-0.05, 0) is 56.5 Å². The van der Waals surface area contributed by atoms with Gasteiger partial charge < -0.3 is 5.32 Å². The lowest BCUT2D eigenvalue weighted by atomic mass is 10.1.